The SMILES string of the molecule is CC(=O)Nc1nc2c(c(=O)[nH]1)n(Cc1ccccc1)c[n+]2COCCOC(C)=O.[Br-]. The number of carbonyl (C=O) groups excluding carboxylic acids is 2. The minimum absolute atomic E-state index is 0. The molecule has 0 fully saturated rings. The molecular weight excluding hydrogens is 458 g/mol. The van der Waals surface area contributed by atoms with Crippen LogP contribution in [-0.4, -0.2) is 39.6 Å². The highest BCUT2D eigenvalue weighted by molar-refractivity contribution is 5.87. The largest absolute Gasteiger partial charge is 1.00 e. The molecule has 1 amide bonds. The summed E-state index contributed by atoms with van der Waals surface area (Å²) in [6.45, 7) is 3.53. The van der Waals surface area contributed by atoms with Gasteiger partial charge in [0.25, 0.3) is 11.5 Å². The molecule has 0 atom stereocenters. The molecule has 0 bridgehead atoms. The van der Waals surface area contributed by atoms with Crippen molar-refractivity contribution < 1.29 is 40.6 Å². The van der Waals surface area contributed by atoms with E-state index in [1.165, 1.54) is 13.8 Å². The van der Waals surface area contributed by atoms with E-state index in [4.69, 9.17) is 9.47 Å². The molecule has 11 heteroatoms. The Labute approximate surface area is 182 Å². The van der Waals surface area contributed by atoms with E-state index in [1.54, 1.807) is 15.5 Å². The van der Waals surface area contributed by atoms with Crippen LogP contribution in [0.3, 0.4) is 0 Å². The lowest BCUT2D eigenvalue weighted by Gasteiger charge is -2.03. The van der Waals surface area contributed by atoms with Crippen LogP contribution in [0, 0.1) is 0 Å². The molecule has 2 heterocycles. The van der Waals surface area contributed by atoms with Gasteiger partial charge in [-0.25, -0.2) is 4.57 Å². The van der Waals surface area contributed by atoms with Crippen LogP contribution in [0.2, 0.25) is 0 Å². The van der Waals surface area contributed by atoms with Gasteiger partial charge in [0.1, 0.15) is 6.61 Å². The first-order valence-corrected chi connectivity index (χ1v) is 8.99. The Morgan fingerprint density at radius 2 is 1.93 bits per heavy atom. The summed E-state index contributed by atoms with van der Waals surface area (Å²) in [4.78, 5) is 41.8. The van der Waals surface area contributed by atoms with Crippen molar-refractivity contribution in [1.29, 1.82) is 0 Å². The van der Waals surface area contributed by atoms with Crippen LogP contribution in [0.1, 0.15) is 19.4 Å². The number of amides is 1. The molecule has 3 rings (SSSR count). The zero-order valence-electron chi connectivity index (χ0n) is 16.6. The number of hydrogen-bond donors (Lipinski definition) is 2. The second kappa shape index (κ2) is 10.6. The second-order valence-corrected chi connectivity index (χ2v) is 6.34. The molecule has 0 radical (unpaired) electrons. The van der Waals surface area contributed by atoms with Crippen LogP contribution in [0.15, 0.2) is 41.5 Å². The van der Waals surface area contributed by atoms with Crippen molar-refractivity contribution in [2.75, 3.05) is 18.5 Å². The summed E-state index contributed by atoms with van der Waals surface area (Å²) in [5, 5.41) is 2.49. The number of fused-ring (bicyclic) bond motifs is 1. The summed E-state index contributed by atoms with van der Waals surface area (Å²) in [5.41, 5.74) is 1.35. The highest BCUT2D eigenvalue weighted by Crippen LogP contribution is 2.10. The number of benzene rings is 1. The Bertz CT molecular complexity index is 1080. The summed E-state index contributed by atoms with van der Waals surface area (Å²) >= 11 is 0. The molecule has 0 aliphatic rings. The van der Waals surface area contributed by atoms with E-state index in [0.29, 0.717) is 17.7 Å². The number of imidazole rings is 1. The first-order valence-electron chi connectivity index (χ1n) is 8.99. The number of aromatic nitrogens is 4. The fourth-order valence-electron chi connectivity index (χ4n) is 2.82. The molecule has 3 aromatic rings. The first kappa shape index (κ1) is 23.2. The first-order chi connectivity index (χ1) is 13.9. The molecular formula is C19H22BrN5O5. The minimum atomic E-state index is -0.381. The van der Waals surface area contributed by atoms with Gasteiger partial charge in [0.2, 0.25) is 11.4 Å². The quantitative estimate of drug-likeness (QED) is 0.210. The van der Waals surface area contributed by atoms with Crippen molar-refractivity contribution in [3.63, 3.8) is 0 Å². The van der Waals surface area contributed by atoms with E-state index in [-0.39, 0.29) is 60.3 Å². The molecule has 2 N–H and O–H groups in total. The van der Waals surface area contributed by atoms with Gasteiger partial charge >= 0.3 is 11.6 Å². The Balaban J connectivity index is 0.00000320. The standard InChI is InChI=1S/C19H21N5O5.BrH/c1-13(25)20-19-21-17-16(18(27)22-19)23(10-15-6-4-3-5-7-15)11-24(17)12-28-8-9-29-14(2)26;/h3-7,11H,8-10,12H2,1-2H3,(H-,20,21,22,25,27);1H. The number of rotatable bonds is 8. The molecule has 2 aromatic heterocycles. The third-order valence-electron chi connectivity index (χ3n) is 3.97. The predicted octanol–water partition coefficient (Wildman–Crippen LogP) is -2.44. The Hall–Kier alpha value is -3.05. The number of nitrogens with one attached hydrogen (secondary N) is 2. The Morgan fingerprint density at radius 1 is 1.20 bits per heavy atom. The molecule has 10 nitrogen and oxygen atoms in total. The van der Waals surface area contributed by atoms with Crippen LogP contribution >= 0.6 is 0 Å². The van der Waals surface area contributed by atoms with Gasteiger partial charge in [-0.15, -0.1) is 0 Å². The van der Waals surface area contributed by atoms with Gasteiger partial charge < -0.3 is 26.5 Å². The maximum atomic E-state index is 12.7. The highest BCUT2D eigenvalue weighted by Gasteiger charge is 2.22. The van der Waals surface area contributed by atoms with Gasteiger partial charge in [0.15, 0.2) is 13.1 Å². The number of aromatic amines is 1. The fraction of sp³-hybridized carbons (Fsp3) is 0.316. The zero-order valence-corrected chi connectivity index (χ0v) is 18.1. The third-order valence-corrected chi connectivity index (χ3v) is 3.97. The monoisotopic (exact) mass is 479 g/mol. The summed E-state index contributed by atoms with van der Waals surface area (Å²) in [6.07, 6.45) is 1.73. The van der Waals surface area contributed by atoms with Gasteiger partial charge in [-0.1, -0.05) is 35.3 Å². The van der Waals surface area contributed by atoms with E-state index in [0.717, 1.165) is 5.56 Å². The zero-order chi connectivity index (χ0) is 20.8. The van der Waals surface area contributed by atoms with Crippen molar-refractivity contribution in [2.45, 2.75) is 27.1 Å². The van der Waals surface area contributed by atoms with E-state index in [2.05, 4.69) is 15.3 Å². The summed E-state index contributed by atoms with van der Waals surface area (Å²) in [7, 11) is 0. The van der Waals surface area contributed by atoms with Gasteiger partial charge in [-0.05, 0) is 5.56 Å². The average molecular weight is 480 g/mol. The number of hydrogen-bond acceptors (Lipinski definition) is 6. The van der Waals surface area contributed by atoms with Crippen molar-refractivity contribution in [3.8, 4) is 0 Å². The summed E-state index contributed by atoms with van der Waals surface area (Å²) in [5.74, 6) is -0.671. The lowest BCUT2D eigenvalue weighted by molar-refractivity contribution is -0.711. The number of nitrogens with zero attached hydrogens (tertiary/aromatic N) is 3. The lowest BCUT2D eigenvalue weighted by Crippen LogP contribution is -3.00. The number of halogens is 1. The molecule has 1 aromatic carbocycles. The summed E-state index contributed by atoms with van der Waals surface area (Å²) < 4.78 is 13.8. The van der Waals surface area contributed by atoms with E-state index in [9.17, 15) is 14.4 Å². The molecule has 0 aliphatic carbocycles. The van der Waals surface area contributed by atoms with Gasteiger partial charge in [0.05, 0.1) is 13.2 Å². The van der Waals surface area contributed by atoms with Gasteiger partial charge in [0, 0.05) is 13.8 Å². The predicted molar refractivity (Wildman–Crippen MR) is 103 cm³/mol. The van der Waals surface area contributed by atoms with Crippen LogP contribution in [0.25, 0.3) is 11.2 Å². The van der Waals surface area contributed by atoms with Gasteiger partial charge in [-0.3, -0.25) is 29.3 Å². The number of H-pyrrole nitrogens is 1. The van der Waals surface area contributed by atoms with Crippen LogP contribution in [-0.2, 0) is 32.3 Å². The summed E-state index contributed by atoms with van der Waals surface area (Å²) in [6, 6.07) is 9.68. The maximum Gasteiger partial charge on any atom is 0.313 e. The van der Waals surface area contributed by atoms with E-state index < -0.39 is 0 Å². The maximum absolute atomic E-state index is 12.7. The van der Waals surface area contributed by atoms with Gasteiger partial charge in [-0.2, -0.15) is 0 Å². The second-order valence-electron chi connectivity index (χ2n) is 6.34. The van der Waals surface area contributed by atoms with Crippen molar-refractivity contribution in [1.82, 2.24) is 14.5 Å². The third kappa shape index (κ3) is 5.97. The molecule has 30 heavy (non-hydrogen) atoms. The molecule has 0 aliphatic heterocycles. The Kier molecular flexibility index (Phi) is 8.25. The minimum Gasteiger partial charge on any atom is -1.00 e. The molecule has 0 saturated heterocycles. The highest BCUT2D eigenvalue weighted by atomic mass is 79.9. The normalized spacial score (nSPS) is 10.5. The molecule has 160 valence electrons. The topological polar surface area (TPSA) is 119 Å². The number of esters is 1. The number of anilines is 1. The van der Waals surface area contributed by atoms with E-state index >= 15 is 0 Å². The lowest BCUT2D eigenvalue weighted by atomic mass is 10.2. The van der Waals surface area contributed by atoms with Crippen molar-refractivity contribution in [2.24, 2.45) is 0 Å². The van der Waals surface area contributed by atoms with Crippen molar-refractivity contribution in [3.05, 3.63) is 52.6 Å². The van der Waals surface area contributed by atoms with E-state index in [1.807, 2.05) is 30.3 Å². The average Bonchev–Trinajstić information content (AvgIpc) is 2.99. The van der Waals surface area contributed by atoms with Crippen LogP contribution in [0.4, 0.5) is 5.95 Å². The fourth-order valence-corrected chi connectivity index (χ4v) is 2.82. The number of carbonyl (C=O) groups is 2. The van der Waals surface area contributed by atoms with Crippen molar-refractivity contribution >= 4 is 29.0 Å². The Morgan fingerprint density at radius 3 is 2.60 bits per heavy atom. The smallest absolute Gasteiger partial charge is 0.313 e. The molecule has 0 saturated carbocycles. The van der Waals surface area contributed by atoms with Crippen LogP contribution < -0.4 is 32.4 Å². The molecule has 0 unspecified atom stereocenters. The molecule has 0 spiro atoms. The number of ether oxygens (including phenoxy) is 2. The van der Waals surface area contributed by atoms with Crippen LogP contribution in [0.5, 0.6) is 0 Å².